The van der Waals surface area contributed by atoms with E-state index in [9.17, 15) is 4.79 Å². The van der Waals surface area contributed by atoms with Gasteiger partial charge >= 0.3 is 0 Å². The summed E-state index contributed by atoms with van der Waals surface area (Å²) in [6.45, 7) is 9.30. The molecule has 0 N–H and O–H groups in total. The number of benzene rings is 1. The maximum Gasteiger partial charge on any atom is 0.222 e. The van der Waals surface area contributed by atoms with Crippen molar-refractivity contribution in [3.05, 3.63) is 35.9 Å². The second-order valence-corrected chi connectivity index (χ2v) is 12.5. The van der Waals surface area contributed by atoms with Gasteiger partial charge in [0.05, 0.1) is 6.61 Å². The Hall–Kier alpha value is -1.35. The number of likely N-dealkylation sites (tertiary alicyclic amines) is 1. The summed E-state index contributed by atoms with van der Waals surface area (Å²) in [7, 11) is 2.07. The third kappa shape index (κ3) is 3.97. The molecule has 4 fully saturated rings. The summed E-state index contributed by atoms with van der Waals surface area (Å²) in [4.78, 5) is 14.5. The Kier molecular flexibility index (Phi) is 6.40. The first kappa shape index (κ1) is 23.4. The van der Waals surface area contributed by atoms with Gasteiger partial charge in [0.2, 0.25) is 5.91 Å². The highest BCUT2D eigenvalue weighted by atomic mass is 16.5. The Morgan fingerprint density at radius 3 is 2.55 bits per heavy atom. The largest absolute Gasteiger partial charge is 0.377 e. The van der Waals surface area contributed by atoms with Gasteiger partial charge in [-0.3, -0.25) is 4.79 Å². The number of piperidine rings is 1. The fourth-order valence-electron chi connectivity index (χ4n) is 9.36. The number of nitrogens with zero attached hydrogens (tertiary/aromatic N) is 1. The lowest BCUT2D eigenvalue weighted by Gasteiger charge is -2.62. The lowest BCUT2D eigenvalue weighted by Crippen LogP contribution is -2.61. The fraction of sp³-hybridized carbons (Fsp3) is 0.767. The average molecular weight is 452 g/mol. The van der Waals surface area contributed by atoms with Crippen molar-refractivity contribution in [3.63, 3.8) is 0 Å². The SMILES string of the molecule is CC(CCOCc1ccccc1)[C@H]1CC[C@H]2[C@@H]3CCC4N(C)C(=O)CC[C@]4(C)[C@H]3CC[C@]12C. The van der Waals surface area contributed by atoms with E-state index >= 15 is 0 Å². The molecule has 1 saturated heterocycles. The summed E-state index contributed by atoms with van der Waals surface area (Å²) in [5, 5.41) is 0. The number of carbonyl (C=O) groups excluding carboxylic acids is 1. The van der Waals surface area contributed by atoms with E-state index in [2.05, 4.69) is 63.1 Å². The molecule has 0 aromatic heterocycles. The Labute approximate surface area is 201 Å². The summed E-state index contributed by atoms with van der Waals surface area (Å²) in [5.41, 5.74) is 2.11. The number of amides is 1. The van der Waals surface area contributed by atoms with Gasteiger partial charge in [-0.15, -0.1) is 0 Å². The van der Waals surface area contributed by atoms with Gasteiger partial charge in [0, 0.05) is 26.1 Å². The Bertz CT molecular complexity index is 839. The highest BCUT2D eigenvalue weighted by Crippen LogP contribution is 2.67. The molecule has 1 aliphatic heterocycles. The zero-order chi connectivity index (χ0) is 23.2. The minimum atomic E-state index is 0.335. The van der Waals surface area contributed by atoms with Crippen LogP contribution >= 0.6 is 0 Å². The van der Waals surface area contributed by atoms with E-state index in [1.807, 2.05) is 0 Å². The first-order valence-corrected chi connectivity index (χ1v) is 13.7. The molecule has 1 aromatic rings. The Morgan fingerprint density at radius 1 is 1.00 bits per heavy atom. The normalized spacial score (nSPS) is 41.3. The molecule has 8 atom stereocenters. The predicted molar refractivity (Wildman–Crippen MR) is 134 cm³/mol. The summed E-state index contributed by atoms with van der Waals surface area (Å²) < 4.78 is 6.06. The van der Waals surface area contributed by atoms with E-state index < -0.39 is 0 Å². The molecule has 1 aromatic carbocycles. The van der Waals surface area contributed by atoms with E-state index in [-0.39, 0.29) is 0 Å². The predicted octanol–water partition coefficient (Wildman–Crippen LogP) is 6.71. The molecule has 1 amide bonds. The van der Waals surface area contributed by atoms with E-state index in [4.69, 9.17) is 4.74 Å². The van der Waals surface area contributed by atoms with Crippen LogP contribution in [0.15, 0.2) is 30.3 Å². The number of carbonyl (C=O) groups is 1. The van der Waals surface area contributed by atoms with Crippen LogP contribution in [0.5, 0.6) is 0 Å². The van der Waals surface area contributed by atoms with Crippen LogP contribution in [0.4, 0.5) is 0 Å². The van der Waals surface area contributed by atoms with E-state index in [1.54, 1.807) is 0 Å². The van der Waals surface area contributed by atoms with Crippen LogP contribution in [0, 0.1) is 40.4 Å². The molecule has 5 rings (SSSR count). The minimum absolute atomic E-state index is 0.335. The van der Waals surface area contributed by atoms with Crippen molar-refractivity contribution in [3.8, 4) is 0 Å². The van der Waals surface area contributed by atoms with Crippen molar-refractivity contribution in [2.45, 2.75) is 91.2 Å². The molecule has 3 nitrogen and oxygen atoms in total. The molecule has 0 radical (unpaired) electrons. The number of ether oxygens (including phenoxy) is 1. The molecule has 1 heterocycles. The first-order chi connectivity index (χ1) is 15.8. The quantitative estimate of drug-likeness (QED) is 0.450. The van der Waals surface area contributed by atoms with E-state index in [1.165, 1.54) is 50.5 Å². The molecule has 3 heteroatoms. The number of fused-ring (bicyclic) bond motifs is 5. The lowest BCUT2D eigenvalue weighted by atomic mass is 9.46. The van der Waals surface area contributed by atoms with Gasteiger partial charge in [0.15, 0.2) is 0 Å². The smallest absolute Gasteiger partial charge is 0.222 e. The second-order valence-electron chi connectivity index (χ2n) is 12.5. The van der Waals surface area contributed by atoms with Crippen LogP contribution in [-0.2, 0) is 16.1 Å². The summed E-state index contributed by atoms with van der Waals surface area (Å²) in [6, 6.07) is 11.0. The topological polar surface area (TPSA) is 29.5 Å². The molecule has 2 unspecified atom stereocenters. The van der Waals surface area contributed by atoms with Gasteiger partial charge in [0.1, 0.15) is 0 Å². The van der Waals surface area contributed by atoms with Crippen LogP contribution in [0.1, 0.15) is 84.1 Å². The number of rotatable bonds is 6. The van der Waals surface area contributed by atoms with Gasteiger partial charge in [0.25, 0.3) is 0 Å². The zero-order valence-corrected chi connectivity index (χ0v) is 21.4. The van der Waals surface area contributed by atoms with E-state index in [0.29, 0.717) is 22.8 Å². The van der Waals surface area contributed by atoms with Gasteiger partial charge in [-0.05, 0) is 97.3 Å². The molecule has 0 spiro atoms. The van der Waals surface area contributed by atoms with Crippen LogP contribution in [0.25, 0.3) is 0 Å². The molecule has 3 saturated carbocycles. The van der Waals surface area contributed by atoms with Gasteiger partial charge in [-0.25, -0.2) is 0 Å². The van der Waals surface area contributed by atoms with Crippen molar-refractivity contribution >= 4 is 5.91 Å². The Balaban J connectivity index is 1.22. The molecule has 182 valence electrons. The fourth-order valence-corrected chi connectivity index (χ4v) is 9.36. The average Bonchev–Trinajstić information content (AvgIpc) is 3.17. The van der Waals surface area contributed by atoms with Crippen molar-refractivity contribution in [1.82, 2.24) is 4.90 Å². The summed E-state index contributed by atoms with van der Waals surface area (Å²) >= 11 is 0. The molecule has 3 aliphatic carbocycles. The van der Waals surface area contributed by atoms with Crippen LogP contribution in [0.2, 0.25) is 0 Å². The first-order valence-electron chi connectivity index (χ1n) is 13.7. The maximum atomic E-state index is 12.4. The van der Waals surface area contributed by atoms with Crippen molar-refractivity contribution in [2.24, 2.45) is 40.4 Å². The van der Waals surface area contributed by atoms with Crippen molar-refractivity contribution < 1.29 is 9.53 Å². The molecular formula is C30H45NO2. The highest BCUT2D eigenvalue weighted by molar-refractivity contribution is 5.77. The van der Waals surface area contributed by atoms with Gasteiger partial charge in [-0.2, -0.15) is 0 Å². The Morgan fingerprint density at radius 2 is 1.76 bits per heavy atom. The van der Waals surface area contributed by atoms with E-state index in [0.717, 1.165) is 55.6 Å². The summed E-state index contributed by atoms with van der Waals surface area (Å²) in [6.07, 6.45) is 11.2. The van der Waals surface area contributed by atoms with Crippen LogP contribution < -0.4 is 0 Å². The standard InChI is InChI=1S/C30H45NO2/c1-21(16-19-33-20-22-8-6-5-7-9-22)24-11-12-25-23-10-13-27-30(3,18-15-28(32)31(27)4)26(23)14-17-29(24,25)2/h5-9,21,23-27H,10-20H2,1-4H3/t21?,23-,24+,25-,26-,27?,29+,30+/m0/s1. The lowest BCUT2D eigenvalue weighted by molar-refractivity contribution is -0.159. The molecule has 4 aliphatic rings. The van der Waals surface area contributed by atoms with Crippen molar-refractivity contribution in [1.29, 1.82) is 0 Å². The van der Waals surface area contributed by atoms with Crippen LogP contribution in [-0.4, -0.2) is 30.5 Å². The third-order valence-electron chi connectivity index (χ3n) is 11.1. The zero-order valence-electron chi connectivity index (χ0n) is 21.4. The van der Waals surface area contributed by atoms with Crippen LogP contribution in [0.3, 0.4) is 0 Å². The summed E-state index contributed by atoms with van der Waals surface area (Å²) in [5.74, 6) is 4.52. The molecule has 33 heavy (non-hydrogen) atoms. The van der Waals surface area contributed by atoms with Gasteiger partial charge < -0.3 is 9.64 Å². The molecule has 0 bridgehead atoms. The monoisotopic (exact) mass is 451 g/mol. The highest BCUT2D eigenvalue weighted by Gasteiger charge is 2.61. The molecular weight excluding hydrogens is 406 g/mol. The third-order valence-corrected chi connectivity index (χ3v) is 11.1. The number of hydrogen-bond acceptors (Lipinski definition) is 2. The maximum absolute atomic E-state index is 12.4. The van der Waals surface area contributed by atoms with Crippen molar-refractivity contribution in [2.75, 3.05) is 13.7 Å². The second kappa shape index (κ2) is 9.02. The minimum Gasteiger partial charge on any atom is -0.377 e. The number of hydrogen-bond donors (Lipinski definition) is 0. The van der Waals surface area contributed by atoms with Gasteiger partial charge in [-0.1, -0.05) is 51.1 Å².